The van der Waals surface area contributed by atoms with Crippen molar-refractivity contribution in [1.82, 2.24) is 5.32 Å². The summed E-state index contributed by atoms with van der Waals surface area (Å²) < 4.78 is 0. The van der Waals surface area contributed by atoms with Gasteiger partial charge < -0.3 is 10.6 Å². The minimum absolute atomic E-state index is 0.0509. The molecule has 0 aliphatic carbocycles. The summed E-state index contributed by atoms with van der Waals surface area (Å²) in [7, 11) is 0. The van der Waals surface area contributed by atoms with Gasteiger partial charge in [-0.05, 0) is 55.5 Å². The molecule has 3 nitrogen and oxygen atoms in total. The third-order valence-corrected chi connectivity index (χ3v) is 4.13. The molecule has 0 bridgehead atoms. The van der Waals surface area contributed by atoms with E-state index in [1.54, 1.807) is 0 Å². The highest BCUT2D eigenvalue weighted by molar-refractivity contribution is 7.99. The number of carbonyl (C=O) groups is 1. The lowest BCUT2D eigenvalue weighted by Gasteiger charge is -2.22. The predicted molar refractivity (Wildman–Crippen MR) is 78.4 cm³/mol. The number of carbonyl (C=O) groups excluding carboxylic acids is 1. The van der Waals surface area contributed by atoms with Crippen molar-refractivity contribution in [2.75, 3.05) is 23.4 Å². The van der Waals surface area contributed by atoms with Gasteiger partial charge >= 0.3 is 0 Å². The van der Waals surface area contributed by atoms with Crippen molar-refractivity contribution in [3.63, 3.8) is 0 Å². The molecule has 1 saturated heterocycles. The molecule has 0 unspecified atom stereocenters. The molecule has 1 fully saturated rings. The Morgan fingerprint density at radius 1 is 1.28 bits per heavy atom. The Morgan fingerprint density at radius 2 is 1.94 bits per heavy atom. The summed E-state index contributed by atoms with van der Waals surface area (Å²) in [6, 6.07) is 8.02. The Kier molecular flexibility index (Phi) is 4.93. The molecule has 1 aliphatic rings. The van der Waals surface area contributed by atoms with Crippen molar-refractivity contribution in [2.45, 2.75) is 25.8 Å². The quantitative estimate of drug-likeness (QED) is 0.878. The summed E-state index contributed by atoms with van der Waals surface area (Å²) in [5.41, 5.74) is 1.80. The first kappa shape index (κ1) is 13.3. The predicted octanol–water partition coefficient (Wildman–Crippen LogP) is 2.74. The van der Waals surface area contributed by atoms with E-state index in [1.807, 2.05) is 36.0 Å². The van der Waals surface area contributed by atoms with E-state index >= 15 is 0 Å². The van der Waals surface area contributed by atoms with Crippen LogP contribution in [0.2, 0.25) is 0 Å². The zero-order valence-electron chi connectivity index (χ0n) is 10.7. The molecule has 0 saturated carbocycles. The third kappa shape index (κ3) is 3.67. The van der Waals surface area contributed by atoms with Crippen molar-refractivity contribution in [3.05, 3.63) is 29.8 Å². The second-order valence-electron chi connectivity index (χ2n) is 4.47. The molecule has 0 atom stereocenters. The molecular weight excluding hydrogens is 244 g/mol. The molecular formula is C14H20N2OS. The van der Waals surface area contributed by atoms with Crippen molar-refractivity contribution in [2.24, 2.45) is 0 Å². The summed E-state index contributed by atoms with van der Waals surface area (Å²) in [5.74, 6) is 2.36. The fraction of sp³-hybridized carbons (Fsp3) is 0.500. The first-order chi connectivity index (χ1) is 8.79. The molecule has 1 aromatic rings. The number of hydrogen-bond donors (Lipinski definition) is 2. The maximum Gasteiger partial charge on any atom is 0.251 e. The van der Waals surface area contributed by atoms with Crippen LogP contribution in [-0.4, -0.2) is 30.0 Å². The fourth-order valence-corrected chi connectivity index (χ4v) is 3.16. The zero-order chi connectivity index (χ0) is 12.8. The normalized spacial score (nSPS) is 16.3. The van der Waals surface area contributed by atoms with E-state index in [4.69, 9.17) is 0 Å². The monoisotopic (exact) mass is 264 g/mol. The van der Waals surface area contributed by atoms with Gasteiger partial charge in [-0.3, -0.25) is 4.79 Å². The van der Waals surface area contributed by atoms with Gasteiger partial charge in [-0.1, -0.05) is 0 Å². The number of hydrogen-bond acceptors (Lipinski definition) is 3. The third-order valence-electron chi connectivity index (χ3n) is 3.08. The Morgan fingerprint density at radius 3 is 2.56 bits per heavy atom. The first-order valence-corrected chi connectivity index (χ1v) is 7.67. The number of thioether (sulfide) groups is 1. The first-order valence-electron chi connectivity index (χ1n) is 6.52. The van der Waals surface area contributed by atoms with E-state index in [2.05, 4.69) is 17.6 Å². The lowest BCUT2D eigenvalue weighted by atomic mass is 10.1. The molecule has 1 amide bonds. The van der Waals surface area contributed by atoms with Crippen molar-refractivity contribution >= 4 is 23.4 Å². The van der Waals surface area contributed by atoms with E-state index in [0.717, 1.165) is 42.1 Å². The fourth-order valence-electron chi connectivity index (χ4n) is 2.05. The number of rotatable bonds is 4. The van der Waals surface area contributed by atoms with Crippen LogP contribution < -0.4 is 10.6 Å². The maximum absolute atomic E-state index is 12.0. The molecule has 1 heterocycles. The van der Waals surface area contributed by atoms with Gasteiger partial charge in [0, 0.05) is 23.8 Å². The average molecular weight is 264 g/mol. The molecule has 98 valence electrons. The Hall–Kier alpha value is -1.16. The Labute approximate surface area is 113 Å². The van der Waals surface area contributed by atoms with Gasteiger partial charge in [0.25, 0.3) is 5.91 Å². The van der Waals surface area contributed by atoms with E-state index < -0.39 is 0 Å². The number of anilines is 1. The topological polar surface area (TPSA) is 41.1 Å². The SMILES string of the molecule is CCNc1ccc(C(=O)NC2CCSCC2)cc1. The van der Waals surface area contributed by atoms with Gasteiger partial charge in [-0.25, -0.2) is 0 Å². The van der Waals surface area contributed by atoms with Crippen molar-refractivity contribution in [1.29, 1.82) is 0 Å². The average Bonchev–Trinajstić information content (AvgIpc) is 2.41. The number of benzene rings is 1. The van der Waals surface area contributed by atoms with Gasteiger partial charge in [0.1, 0.15) is 0 Å². The van der Waals surface area contributed by atoms with E-state index in [-0.39, 0.29) is 5.91 Å². The van der Waals surface area contributed by atoms with Gasteiger partial charge in [0.2, 0.25) is 0 Å². The molecule has 1 aromatic carbocycles. The zero-order valence-corrected chi connectivity index (χ0v) is 11.6. The highest BCUT2D eigenvalue weighted by Gasteiger charge is 2.16. The van der Waals surface area contributed by atoms with E-state index in [9.17, 15) is 4.79 Å². The van der Waals surface area contributed by atoms with Crippen LogP contribution in [0.5, 0.6) is 0 Å². The van der Waals surface area contributed by atoms with Gasteiger partial charge in [0.05, 0.1) is 0 Å². The summed E-state index contributed by atoms with van der Waals surface area (Å²) in [4.78, 5) is 12.0. The van der Waals surface area contributed by atoms with Crippen LogP contribution in [0.25, 0.3) is 0 Å². The van der Waals surface area contributed by atoms with Crippen LogP contribution in [0, 0.1) is 0 Å². The minimum Gasteiger partial charge on any atom is -0.385 e. The highest BCUT2D eigenvalue weighted by atomic mass is 32.2. The van der Waals surface area contributed by atoms with E-state index in [0.29, 0.717) is 6.04 Å². The molecule has 1 aliphatic heterocycles. The molecule has 0 aromatic heterocycles. The Bertz CT molecular complexity index is 385. The van der Waals surface area contributed by atoms with Gasteiger partial charge in [-0.15, -0.1) is 0 Å². The summed E-state index contributed by atoms with van der Waals surface area (Å²) in [6.07, 6.45) is 2.18. The van der Waals surface area contributed by atoms with Crippen LogP contribution >= 0.6 is 11.8 Å². The highest BCUT2D eigenvalue weighted by Crippen LogP contribution is 2.17. The molecule has 18 heavy (non-hydrogen) atoms. The summed E-state index contributed by atoms with van der Waals surface area (Å²) in [6.45, 7) is 2.95. The smallest absolute Gasteiger partial charge is 0.251 e. The van der Waals surface area contributed by atoms with Crippen LogP contribution in [0.3, 0.4) is 0 Å². The second kappa shape index (κ2) is 6.69. The van der Waals surface area contributed by atoms with Crippen LogP contribution in [0.4, 0.5) is 5.69 Å². The van der Waals surface area contributed by atoms with Crippen LogP contribution in [0.15, 0.2) is 24.3 Å². The van der Waals surface area contributed by atoms with Gasteiger partial charge in [-0.2, -0.15) is 11.8 Å². The van der Waals surface area contributed by atoms with Crippen molar-refractivity contribution in [3.8, 4) is 0 Å². The summed E-state index contributed by atoms with van der Waals surface area (Å²) >= 11 is 1.97. The van der Waals surface area contributed by atoms with Crippen molar-refractivity contribution < 1.29 is 4.79 Å². The molecule has 0 spiro atoms. The molecule has 4 heteroatoms. The van der Waals surface area contributed by atoms with Crippen LogP contribution in [0.1, 0.15) is 30.1 Å². The van der Waals surface area contributed by atoms with Crippen LogP contribution in [-0.2, 0) is 0 Å². The lowest BCUT2D eigenvalue weighted by molar-refractivity contribution is 0.0935. The molecule has 2 N–H and O–H groups in total. The lowest BCUT2D eigenvalue weighted by Crippen LogP contribution is -2.37. The number of amides is 1. The molecule has 0 radical (unpaired) electrons. The van der Waals surface area contributed by atoms with E-state index in [1.165, 1.54) is 0 Å². The maximum atomic E-state index is 12.0. The minimum atomic E-state index is 0.0509. The Balaban J connectivity index is 1.91. The standard InChI is InChI=1S/C14H20N2OS/c1-2-15-12-5-3-11(4-6-12)14(17)16-13-7-9-18-10-8-13/h3-6,13,15H,2,7-10H2,1H3,(H,16,17). The second-order valence-corrected chi connectivity index (χ2v) is 5.69. The number of nitrogens with one attached hydrogen (secondary N) is 2. The largest absolute Gasteiger partial charge is 0.385 e. The van der Waals surface area contributed by atoms with Gasteiger partial charge in [0.15, 0.2) is 0 Å². The summed E-state index contributed by atoms with van der Waals surface area (Å²) in [5, 5.41) is 6.33. The molecule has 2 rings (SSSR count).